The second-order valence-corrected chi connectivity index (χ2v) is 6.68. The summed E-state index contributed by atoms with van der Waals surface area (Å²) in [5, 5.41) is 9.49. The maximum atomic E-state index is 12.3. The summed E-state index contributed by atoms with van der Waals surface area (Å²) in [6, 6.07) is 14.3. The number of nitrogens with zero attached hydrogens (tertiary/aromatic N) is 1. The molecule has 0 bridgehead atoms. The van der Waals surface area contributed by atoms with E-state index >= 15 is 0 Å². The quantitative estimate of drug-likeness (QED) is 0.637. The third kappa shape index (κ3) is 5.44. The van der Waals surface area contributed by atoms with Crippen LogP contribution in [0.2, 0.25) is 0 Å². The lowest BCUT2D eigenvalue weighted by Gasteiger charge is -2.09. The number of rotatable bonds is 7. The Hall–Kier alpha value is -3.61. The van der Waals surface area contributed by atoms with Crippen molar-refractivity contribution in [2.75, 3.05) is 5.32 Å². The Morgan fingerprint density at radius 2 is 1.72 bits per heavy atom. The van der Waals surface area contributed by atoms with Crippen molar-refractivity contribution in [2.45, 2.75) is 33.9 Å². The number of ether oxygens (including phenoxy) is 1. The predicted octanol–water partition coefficient (Wildman–Crippen LogP) is 3.76. The number of nitrogens with one attached hydrogen (secondary N) is 2. The lowest BCUT2D eigenvalue weighted by atomic mass is 10.1. The van der Waals surface area contributed by atoms with Gasteiger partial charge < -0.3 is 19.9 Å². The predicted molar refractivity (Wildman–Crippen MR) is 109 cm³/mol. The molecule has 0 aliphatic carbocycles. The summed E-state index contributed by atoms with van der Waals surface area (Å²) in [6.45, 7) is 5.93. The monoisotopic (exact) mass is 393 g/mol. The Kier molecular flexibility index (Phi) is 6.29. The highest BCUT2D eigenvalue weighted by Crippen LogP contribution is 2.18. The van der Waals surface area contributed by atoms with Crippen molar-refractivity contribution in [3.8, 4) is 5.75 Å². The van der Waals surface area contributed by atoms with Gasteiger partial charge in [0.1, 0.15) is 18.1 Å². The van der Waals surface area contributed by atoms with Crippen LogP contribution in [0.25, 0.3) is 0 Å². The van der Waals surface area contributed by atoms with Gasteiger partial charge in [0, 0.05) is 24.7 Å². The Morgan fingerprint density at radius 1 is 1.03 bits per heavy atom. The van der Waals surface area contributed by atoms with Crippen LogP contribution >= 0.6 is 0 Å². The Labute approximate surface area is 169 Å². The summed E-state index contributed by atoms with van der Waals surface area (Å²) < 4.78 is 10.9. The second kappa shape index (κ2) is 9.05. The first-order valence-corrected chi connectivity index (χ1v) is 9.21. The van der Waals surface area contributed by atoms with E-state index in [4.69, 9.17) is 9.26 Å². The highest BCUT2D eigenvalue weighted by molar-refractivity contribution is 5.94. The average Bonchev–Trinajstić information content (AvgIpc) is 3.03. The number of hydrogen-bond acceptors (Lipinski definition) is 5. The number of aromatic nitrogens is 1. The van der Waals surface area contributed by atoms with Gasteiger partial charge in [-0.3, -0.25) is 9.59 Å². The molecule has 0 fully saturated rings. The minimum Gasteiger partial charge on any atom is -0.489 e. The molecule has 0 unspecified atom stereocenters. The summed E-state index contributed by atoms with van der Waals surface area (Å²) >= 11 is 0. The number of amides is 2. The van der Waals surface area contributed by atoms with Gasteiger partial charge in [0.15, 0.2) is 0 Å². The number of anilines is 1. The highest BCUT2D eigenvalue weighted by Gasteiger charge is 2.10. The van der Waals surface area contributed by atoms with Crippen molar-refractivity contribution in [3.05, 3.63) is 76.7 Å². The Balaban J connectivity index is 1.51. The molecule has 1 aromatic heterocycles. The molecule has 0 spiro atoms. The van der Waals surface area contributed by atoms with Crippen LogP contribution in [-0.4, -0.2) is 17.0 Å². The van der Waals surface area contributed by atoms with Crippen LogP contribution in [0.5, 0.6) is 5.75 Å². The van der Waals surface area contributed by atoms with E-state index in [1.165, 1.54) is 6.92 Å². The van der Waals surface area contributed by atoms with E-state index in [0.29, 0.717) is 24.5 Å². The summed E-state index contributed by atoms with van der Waals surface area (Å²) in [4.78, 5) is 23.4. The van der Waals surface area contributed by atoms with Crippen LogP contribution in [-0.2, 0) is 17.9 Å². The third-order valence-electron chi connectivity index (χ3n) is 4.41. The molecule has 0 saturated carbocycles. The molecule has 150 valence electrons. The maximum absolute atomic E-state index is 12.3. The number of carbonyl (C=O) groups excluding carboxylic acids is 2. The van der Waals surface area contributed by atoms with Crippen LogP contribution in [0.4, 0.5) is 5.69 Å². The molecule has 0 aliphatic rings. The van der Waals surface area contributed by atoms with Gasteiger partial charge in [-0.25, -0.2) is 0 Å². The van der Waals surface area contributed by atoms with Gasteiger partial charge in [0.2, 0.25) is 5.91 Å². The molecule has 0 radical (unpaired) electrons. The van der Waals surface area contributed by atoms with E-state index in [1.54, 1.807) is 36.4 Å². The van der Waals surface area contributed by atoms with Gasteiger partial charge in [0.05, 0.1) is 11.3 Å². The fourth-order valence-corrected chi connectivity index (χ4v) is 2.76. The minimum absolute atomic E-state index is 0.120. The smallest absolute Gasteiger partial charge is 0.251 e. The average molecular weight is 393 g/mol. The van der Waals surface area contributed by atoms with E-state index in [-0.39, 0.29) is 11.8 Å². The van der Waals surface area contributed by atoms with Gasteiger partial charge in [-0.2, -0.15) is 0 Å². The normalized spacial score (nSPS) is 10.4. The molecule has 0 atom stereocenters. The van der Waals surface area contributed by atoms with Crippen LogP contribution in [0.15, 0.2) is 53.1 Å². The van der Waals surface area contributed by atoms with Gasteiger partial charge >= 0.3 is 0 Å². The fourth-order valence-electron chi connectivity index (χ4n) is 2.76. The molecule has 3 aromatic rings. The zero-order valence-electron chi connectivity index (χ0n) is 16.6. The molecule has 2 amide bonds. The second-order valence-electron chi connectivity index (χ2n) is 6.68. The number of benzene rings is 2. The van der Waals surface area contributed by atoms with Crippen molar-refractivity contribution in [1.82, 2.24) is 10.5 Å². The number of hydrogen-bond donors (Lipinski definition) is 2. The van der Waals surface area contributed by atoms with Gasteiger partial charge in [-0.05, 0) is 55.8 Å². The first-order chi connectivity index (χ1) is 13.9. The molecule has 2 aromatic carbocycles. The maximum Gasteiger partial charge on any atom is 0.251 e. The Bertz CT molecular complexity index is 972. The van der Waals surface area contributed by atoms with Gasteiger partial charge in [0.25, 0.3) is 5.91 Å². The largest absolute Gasteiger partial charge is 0.489 e. The lowest BCUT2D eigenvalue weighted by Crippen LogP contribution is -2.22. The molecular formula is C22H23N3O4. The first-order valence-electron chi connectivity index (χ1n) is 9.21. The van der Waals surface area contributed by atoms with Crippen molar-refractivity contribution >= 4 is 17.5 Å². The first kappa shape index (κ1) is 20.1. The zero-order valence-corrected chi connectivity index (χ0v) is 16.6. The van der Waals surface area contributed by atoms with E-state index in [2.05, 4.69) is 15.8 Å². The molecule has 7 heteroatoms. The Morgan fingerprint density at radius 3 is 2.31 bits per heavy atom. The molecule has 7 nitrogen and oxygen atoms in total. The van der Waals surface area contributed by atoms with Crippen LogP contribution < -0.4 is 15.4 Å². The number of aryl methyl sites for hydroxylation is 2. The molecule has 3 rings (SSSR count). The molecule has 0 saturated heterocycles. The van der Waals surface area contributed by atoms with Crippen LogP contribution in [0, 0.1) is 13.8 Å². The van der Waals surface area contributed by atoms with Crippen molar-refractivity contribution < 1.29 is 18.8 Å². The van der Waals surface area contributed by atoms with Crippen molar-refractivity contribution in [1.29, 1.82) is 0 Å². The van der Waals surface area contributed by atoms with E-state index in [0.717, 1.165) is 28.3 Å². The van der Waals surface area contributed by atoms with Crippen LogP contribution in [0.3, 0.4) is 0 Å². The highest BCUT2D eigenvalue weighted by atomic mass is 16.5. The van der Waals surface area contributed by atoms with E-state index in [1.807, 2.05) is 26.0 Å². The number of carbonyl (C=O) groups is 2. The summed E-state index contributed by atoms with van der Waals surface area (Å²) in [6.07, 6.45) is 0. The molecule has 1 heterocycles. The summed E-state index contributed by atoms with van der Waals surface area (Å²) in [5.74, 6) is 1.11. The lowest BCUT2D eigenvalue weighted by molar-refractivity contribution is -0.114. The van der Waals surface area contributed by atoms with E-state index < -0.39 is 0 Å². The third-order valence-corrected chi connectivity index (χ3v) is 4.41. The van der Waals surface area contributed by atoms with Gasteiger partial charge in [-0.15, -0.1) is 0 Å². The fraction of sp³-hybridized carbons (Fsp3) is 0.227. The summed E-state index contributed by atoms with van der Waals surface area (Å²) in [5.41, 5.74) is 3.94. The standard InChI is InChI=1S/C22H23N3O4/c1-14-21(15(2)29-25-14)13-28-20-10-6-18(7-11-20)22(27)23-12-17-4-8-19(9-5-17)24-16(3)26/h4-11H,12-13H2,1-3H3,(H,23,27)(H,24,26). The topological polar surface area (TPSA) is 93.5 Å². The molecule has 0 aliphatic heterocycles. The van der Waals surface area contributed by atoms with Crippen molar-refractivity contribution in [3.63, 3.8) is 0 Å². The molecular weight excluding hydrogens is 370 g/mol. The summed E-state index contributed by atoms with van der Waals surface area (Å²) in [7, 11) is 0. The molecule has 2 N–H and O–H groups in total. The van der Waals surface area contributed by atoms with Crippen LogP contribution in [0.1, 0.15) is 39.9 Å². The zero-order chi connectivity index (χ0) is 20.8. The van der Waals surface area contributed by atoms with E-state index in [9.17, 15) is 9.59 Å². The minimum atomic E-state index is -0.173. The van der Waals surface area contributed by atoms with Gasteiger partial charge in [-0.1, -0.05) is 17.3 Å². The molecule has 29 heavy (non-hydrogen) atoms. The SMILES string of the molecule is CC(=O)Nc1ccc(CNC(=O)c2ccc(OCc3c(C)noc3C)cc2)cc1. The van der Waals surface area contributed by atoms with Crippen molar-refractivity contribution in [2.24, 2.45) is 0 Å².